The highest BCUT2D eigenvalue weighted by Gasteiger charge is 2.17. The Labute approximate surface area is 157 Å². The van der Waals surface area contributed by atoms with Crippen LogP contribution in [0, 0.1) is 10.1 Å². The quantitative estimate of drug-likeness (QED) is 0.505. The maximum Gasteiger partial charge on any atom is 0.278 e. The highest BCUT2D eigenvalue weighted by molar-refractivity contribution is 5.99. The number of ether oxygens (including phenoxy) is 1. The van der Waals surface area contributed by atoms with E-state index in [4.69, 9.17) is 4.74 Å². The van der Waals surface area contributed by atoms with Crippen molar-refractivity contribution < 1.29 is 9.66 Å². The summed E-state index contributed by atoms with van der Waals surface area (Å²) in [5, 5.41) is 16.0. The van der Waals surface area contributed by atoms with E-state index in [0.717, 1.165) is 22.4 Å². The Morgan fingerprint density at radius 3 is 2.52 bits per heavy atom. The standard InChI is InChI=1S/C20H22N4O3/c1-23(2)20(14-4-6-15(27-3)7-5-14)13-22-18-8-9-19(24(25)26)17-12-21-11-10-16(17)18/h4-12,20,22H,13H2,1-3H3. The molecule has 0 fully saturated rings. The molecule has 1 unspecified atom stereocenters. The molecule has 3 aromatic rings. The lowest BCUT2D eigenvalue weighted by atomic mass is 10.0. The second-order valence-corrected chi connectivity index (χ2v) is 6.44. The summed E-state index contributed by atoms with van der Waals surface area (Å²) in [5.74, 6) is 0.818. The number of likely N-dealkylation sites (N-methyl/N-ethyl adjacent to an activating group) is 1. The van der Waals surface area contributed by atoms with Crippen LogP contribution in [0.15, 0.2) is 54.9 Å². The van der Waals surface area contributed by atoms with E-state index < -0.39 is 0 Å². The largest absolute Gasteiger partial charge is 0.497 e. The number of aromatic nitrogens is 1. The van der Waals surface area contributed by atoms with E-state index in [1.807, 2.05) is 38.4 Å². The number of nitrogens with zero attached hydrogens (tertiary/aromatic N) is 3. The van der Waals surface area contributed by atoms with Gasteiger partial charge in [-0.2, -0.15) is 0 Å². The number of nitro benzene ring substituents is 1. The van der Waals surface area contributed by atoms with Crippen molar-refractivity contribution in [3.05, 3.63) is 70.5 Å². The maximum absolute atomic E-state index is 11.3. The normalized spacial score (nSPS) is 12.1. The summed E-state index contributed by atoms with van der Waals surface area (Å²) in [6, 6.07) is 13.2. The number of pyridine rings is 1. The minimum atomic E-state index is -0.381. The third-order valence-electron chi connectivity index (χ3n) is 4.60. The van der Waals surface area contributed by atoms with Gasteiger partial charge in [0.1, 0.15) is 5.75 Å². The van der Waals surface area contributed by atoms with Crippen LogP contribution in [0.3, 0.4) is 0 Å². The van der Waals surface area contributed by atoms with Crippen LogP contribution >= 0.6 is 0 Å². The van der Waals surface area contributed by atoms with Gasteiger partial charge in [0.15, 0.2) is 0 Å². The number of benzene rings is 2. The van der Waals surface area contributed by atoms with Gasteiger partial charge in [0.25, 0.3) is 5.69 Å². The molecule has 0 spiro atoms. The fraction of sp³-hybridized carbons (Fsp3) is 0.250. The predicted octanol–water partition coefficient (Wildman–Crippen LogP) is 3.87. The lowest BCUT2D eigenvalue weighted by Crippen LogP contribution is -2.26. The van der Waals surface area contributed by atoms with Crippen molar-refractivity contribution in [3.63, 3.8) is 0 Å². The third-order valence-corrected chi connectivity index (χ3v) is 4.60. The molecular formula is C20H22N4O3. The molecule has 27 heavy (non-hydrogen) atoms. The summed E-state index contributed by atoms with van der Waals surface area (Å²) in [7, 11) is 5.69. The molecular weight excluding hydrogens is 344 g/mol. The Morgan fingerprint density at radius 1 is 1.15 bits per heavy atom. The lowest BCUT2D eigenvalue weighted by Gasteiger charge is -2.26. The lowest BCUT2D eigenvalue weighted by molar-refractivity contribution is -0.383. The highest BCUT2D eigenvalue weighted by atomic mass is 16.6. The van der Waals surface area contributed by atoms with Gasteiger partial charge in [-0.1, -0.05) is 12.1 Å². The Balaban J connectivity index is 1.87. The molecule has 0 saturated heterocycles. The Bertz CT molecular complexity index is 942. The topological polar surface area (TPSA) is 80.5 Å². The van der Waals surface area contributed by atoms with Crippen molar-refractivity contribution in [2.75, 3.05) is 33.1 Å². The Hall–Kier alpha value is -3.19. The van der Waals surface area contributed by atoms with Crippen molar-refractivity contribution in [2.45, 2.75) is 6.04 Å². The molecule has 0 radical (unpaired) electrons. The molecule has 1 heterocycles. The number of nitro groups is 1. The number of anilines is 1. The number of rotatable bonds is 7. The summed E-state index contributed by atoms with van der Waals surface area (Å²) < 4.78 is 5.23. The van der Waals surface area contributed by atoms with Gasteiger partial charge in [-0.25, -0.2) is 0 Å². The molecule has 7 nitrogen and oxygen atoms in total. The van der Waals surface area contributed by atoms with Crippen LogP contribution in [0.25, 0.3) is 10.8 Å². The molecule has 0 bridgehead atoms. The number of nitrogens with one attached hydrogen (secondary N) is 1. The Morgan fingerprint density at radius 2 is 1.89 bits per heavy atom. The van der Waals surface area contributed by atoms with E-state index in [1.54, 1.807) is 25.4 Å². The van der Waals surface area contributed by atoms with Gasteiger partial charge in [0.2, 0.25) is 0 Å². The SMILES string of the molecule is COc1ccc(C(CNc2ccc([N+](=O)[O-])c3cnccc23)N(C)C)cc1. The molecule has 0 saturated carbocycles. The molecule has 1 aromatic heterocycles. The van der Waals surface area contributed by atoms with Crippen molar-refractivity contribution in [2.24, 2.45) is 0 Å². The summed E-state index contributed by atoms with van der Waals surface area (Å²) in [4.78, 5) is 17.0. The molecule has 7 heteroatoms. The van der Waals surface area contributed by atoms with Crippen molar-refractivity contribution in [3.8, 4) is 5.75 Å². The fourth-order valence-corrected chi connectivity index (χ4v) is 3.12. The summed E-state index contributed by atoms with van der Waals surface area (Å²) in [6.45, 7) is 0.647. The molecule has 0 aliphatic heterocycles. The van der Waals surface area contributed by atoms with Crippen molar-refractivity contribution >= 4 is 22.1 Å². The molecule has 2 aromatic carbocycles. The average molecular weight is 366 g/mol. The smallest absolute Gasteiger partial charge is 0.278 e. The number of hydrogen-bond donors (Lipinski definition) is 1. The first-order chi connectivity index (χ1) is 13.0. The fourth-order valence-electron chi connectivity index (χ4n) is 3.12. The van der Waals surface area contributed by atoms with Crippen LogP contribution in [-0.2, 0) is 0 Å². The summed E-state index contributed by atoms with van der Waals surface area (Å²) in [6.07, 6.45) is 3.18. The second-order valence-electron chi connectivity index (χ2n) is 6.44. The first-order valence-electron chi connectivity index (χ1n) is 8.56. The molecule has 0 aliphatic rings. The molecule has 3 rings (SSSR count). The van der Waals surface area contributed by atoms with E-state index in [0.29, 0.717) is 11.9 Å². The van der Waals surface area contributed by atoms with Gasteiger partial charge in [-0.3, -0.25) is 15.1 Å². The number of fused-ring (bicyclic) bond motifs is 1. The Kier molecular flexibility index (Phi) is 5.52. The van der Waals surface area contributed by atoms with Gasteiger partial charge in [-0.15, -0.1) is 0 Å². The molecule has 0 amide bonds. The van der Waals surface area contributed by atoms with Crippen LogP contribution in [0.1, 0.15) is 11.6 Å². The van der Waals surface area contributed by atoms with E-state index in [1.165, 1.54) is 12.3 Å². The first kappa shape index (κ1) is 18.6. The molecule has 140 valence electrons. The third kappa shape index (κ3) is 3.98. The van der Waals surface area contributed by atoms with E-state index in [9.17, 15) is 10.1 Å². The maximum atomic E-state index is 11.3. The minimum Gasteiger partial charge on any atom is -0.497 e. The van der Waals surface area contributed by atoms with Crippen molar-refractivity contribution in [1.82, 2.24) is 9.88 Å². The average Bonchev–Trinajstić information content (AvgIpc) is 2.68. The predicted molar refractivity (Wildman–Crippen MR) is 106 cm³/mol. The van der Waals surface area contributed by atoms with E-state index in [-0.39, 0.29) is 16.7 Å². The summed E-state index contributed by atoms with van der Waals surface area (Å²) >= 11 is 0. The molecule has 1 atom stereocenters. The van der Waals surface area contributed by atoms with E-state index in [2.05, 4.69) is 15.2 Å². The van der Waals surface area contributed by atoms with Gasteiger partial charge in [-0.05, 0) is 43.9 Å². The van der Waals surface area contributed by atoms with Gasteiger partial charge in [0.05, 0.1) is 23.5 Å². The van der Waals surface area contributed by atoms with Crippen LogP contribution in [-0.4, -0.2) is 42.6 Å². The van der Waals surface area contributed by atoms with Crippen LogP contribution in [0.4, 0.5) is 11.4 Å². The van der Waals surface area contributed by atoms with Gasteiger partial charge >= 0.3 is 0 Å². The first-order valence-corrected chi connectivity index (χ1v) is 8.56. The molecule has 0 aliphatic carbocycles. The van der Waals surface area contributed by atoms with Gasteiger partial charge in [0, 0.05) is 36.1 Å². The monoisotopic (exact) mass is 366 g/mol. The van der Waals surface area contributed by atoms with Crippen molar-refractivity contribution in [1.29, 1.82) is 0 Å². The van der Waals surface area contributed by atoms with E-state index >= 15 is 0 Å². The number of non-ortho nitro benzene ring substituents is 1. The van der Waals surface area contributed by atoms with Gasteiger partial charge < -0.3 is 15.0 Å². The van der Waals surface area contributed by atoms with Crippen LogP contribution in [0.5, 0.6) is 5.75 Å². The zero-order valence-corrected chi connectivity index (χ0v) is 15.5. The van der Waals surface area contributed by atoms with Crippen LogP contribution < -0.4 is 10.1 Å². The zero-order valence-electron chi connectivity index (χ0n) is 15.5. The highest BCUT2D eigenvalue weighted by Crippen LogP contribution is 2.31. The molecule has 1 N–H and O–H groups in total. The van der Waals surface area contributed by atoms with Crippen LogP contribution in [0.2, 0.25) is 0 Å². The minimum absolute atomic E-state index is 0.0583. The number of methoxy groups -OCH3 is 1. The second kappa shape index (κ2) is 8.01. The zero-order chi connectivity index (χ0) is 19.4. The summed E-state index contributed by atoms with van der Waals surface area (Å²) in [5.41, 5.74) is 2.06. The number of hydrogen-bond acceptors (Lipinski definition) is 6.